The number of aromatic nitrogens is 2. The number of carbonyl (C=O) groups excluding carboxylic acids is 2. The number of hydrogen-bond acceptors (Lipinski definition) is 4. The zero-order valence-electron chi connectivity index (χ0n) is 23.8. The average molecular weight is 534 g/mol. The predicted molar refractivity (Wildman–Crippen MR) is 152 cm³/mol. The third-order valence-corrected chi connectivity index (χ3v) is 8.65. The molecule has 2 atom stereocenters. The van der Waals surface area contributed by atoms with Crippen molar-refractivity contribution in [3.05, 3.63) is 59.3 Å². The fraction of sp³-hybridized carbons (Fsp3) is 0.516. The fourth-order valence-corrected chi connectivity index (χ4v) is 6.30. The van der Waals surface area contributed by atoms with Crippen LogP contribution < -0.4 is 0 Å². The van der Waals surface area contributed by atoms with Gasteiger partial charge in [-0.2, -0.15) is 0 Å². The van der Waals surface area contributed by atoms with Gasteiger partial charge < -0.3 is 19.3 Å². The van der Waals surface area contributed by atoms with Crippen molar-refractivity contribution in [3.63, 3.8) is 0 Å². The van der Waals surface area contributed by atoms with Crippen molar-refractivity contribution >= 4 is 22.7 Å². The Morgan fingerprint density at radius 2 is 1.90 bits per heavy atom. The number of rotatable bonds is 7. The molecule has 0 spiro atoms. The highest BCUT2D eigenvalue weighted by Crippen LogP contribution is 2.33. The first-order valence-corrected chi connectivity index (χ1v) is 14.1. The van der Waals surface area contributed by atoms with E-state index in [0.29, 0.717) is 23.1 Å². The van der Waals surface area contributed by atoms with Gasteiger partial charge in [0.25, 0.3) is 5.91 Å². The molecule has 2 fully saturated rings. The van der Waals surface area contributed by atoms with E-state index in [-0.39, 0.29) is 17.9 Å². The highest BCUT2D eigenvalue weighted by atomic mass is 19.1. The summed E-state index contributed by atoms with van der Waals surface area (Å²) in [5.74, 6) is 0.639. The average Bonchev–Trinajstić information content (AvgIpc) is 3.63. The standard InChI is InChI=1S/C31H40FN5O2/c1-20(2)34(5)31(39)27-13-26(32)6-7-28(27)37-19-25(30-21(3)14-33-15-29(30)37)12-23-8-10-35(16-23)17-24-9-11-36(18-24)22(4)38/h6-7,13-15,19-20,23-24H,8-12,16-18H2,1-5H3/t23-,24?/m1/s1. The summed E-state index contributed by atoms with van der Waals surface area (Å²) in [7, 11) is 1.75. The van der Waals surface area contributed by atoms with Crippen LogP contribution in [-0.4, -0.2) is 81.9 Å². The van der Waals surface area contributed by atoms with Gasteiger partial charge >= 0.3 is 0 Å². The van der Waals surface area contributed by atoms with Crippen molar-refractivity contribution in [1.29, 1.82) is 0 Å². The topological polar surface area (TPSA) is 61.7 Å². The molecular weight excluding hydrogens is 493 g/mol. The van der Waals surface area contributed by atoms with Crippen molar-refractivity contribution in [2.24, 2.45) is 11.8 Å². The molecule has 3 aromatic rings. The molecule has 1 unspecified atom stereocenters. The Hall–Kier alpha value is -3.26. The molecule has 7 nitrogen and oxygen atoms in total. The van der Waals surface area contributed by atoms with E-state index in [2.05, 4.69) is 23.0 Å². The van der Waals surface area contributed by atoms with E-state index in [1.165, 1.54) is 17.7 Å². The second-order valence-corrected chi connectivity index (χ2v) is 11.8. The van der Waals surface area contributed by atoms with Crippen molar-refractivity contribution < 1.29 is 14.0 Å². The zero-order chi connectivity index (χ0) is 27.8. The van der Waals surface area contributed by atoms with E-state index in [1.807, 2.05) is 35.7 Å². The second kappa shape index (κ2) is 11.1. The molecule has 0 radical (unpaired) electrons. The summed E-state index contributed by atoms with van der Waals surface area (Å²) in [5.41, 5.74) is 4.28. The maximum absolute atomic E-state index is 14.4. The number of carbonyl (C=O) groups is 2. The van der Waals surface area contributed by atoms with Gasteiger partial charge in [-0.25, -0.2) is 4.39 Å². The van der Waals surface area contributed by atoms with Gasteiger partial charge in [0, 0.05) is 64.0 Å². The number of halogens is 1. The molecule has 2 aliphatic rings. The largest absolute Gasteiger partial charge is 0.343 e. The first-order chi connectivity index (χ1) is 18.6. The molecule has 4 heterocycles. The van der Waals surface area contributed by atoms with Crippen LogP contribution in [0.3, 0.4) is 0 Å². The first-order valence-electron chi connectivity index (χ1n) is 14.1. The quantitative estimate of drug-likeness (QED) is 0.442. The van der Waals surface area contributed by atoms with Gasteiger partial charge in [-0.15, -0.1) is 0 Å². The van der Waals surface area contributed by atoms with Crippen molar-refractivity contribution in [3.8, 4) is 5.69 Å². The van der Waals surface area contributed by atoms with Crippen LogP contribution in [0.15, 0.2) is 36.8 Å². The zero-order valence-corrected chi connectivity index (χ0v) is 23.8. The summed E-state index contributed by atoms with van der Waals surface area (Å²) >= 11 is 0. The SMILES string of the molecule is CC(=O)N1CCC(CN2CC[C@H](Cc3cn(-c4ccc(F)cc4C(=O)N(C)C(C)C)c4cncc(C)c34)C2)C1. The number of amides is 2. The lowest BCUT2D eigenvalue weighted by atomic mass is 9.97. The minimum Gasteiger partial charge on any atom is -0.343 e. The molecule has 39 heavy (non-hydrogen) atoms. The van der Waals surface area contributed by atoms with Crippen LogP contribution in [0, 0.1) is 24.6 Å². The van der Waals surface area contributed by atoms with E-state index >= 15 is 0 Å². The maximum atomic E-state index is 14.4. The number of benzene rings is 1. The van der Waals surface area contributed by atoms with Crippen molar-refractivity contribution in [2.75, 3.05) is 39.8 Å². The number of likely N-dealkylation sites (tertiary alicyclic amines) is 2. The number of hydrogen-bond donors (Lipinski definition) is 0. The molecule has 0 N–H and O–H groups in total. The molecule has 2 amide bonds. The lowest BCUT2D eigenvalue weighted by molar-refractivity contribution is -0.127. The number of fused-ring (bicyclic) bond motifs is 1. The third kappa shape index (κ3) is 5.57. The Morgan fingerprint density at radius 3 is 2.62 bits per heavy atom. The Bertz CT molecular complexity index is 1380. The molecule has 208 valence electrons. The monoisotopic (exact) mass is 533 g/mol. The van der Waals surface area contributed by atoms with Gasteiger partial charge in [0.1, 0.15) is 5.82 Å². The Kier molecular flexibility index (Phi) is 7.76. The predicted octanol–water partition coefficient (Wildman–Crippen LogP) is 4.69. The molecule has 2 aliphatic heterocycles. The van der Waals surface area contributed by atoms with E-state index < -0.39 is 5.82 Å². The van der Waals surface area contributed by atoms with Gasteiger partial charge in [0.15, 0.2) is 0 Å². The van der Waals surface area contributed by atoms with Gasteiger partial charge in [0.2, 0.25) is 5.91 Å². The summed E-state index contributed by atoms with van der Waals surface area (Å²) < 4.78 is 16.4. The van der Waals surface area contributed by atoms with Crippen LogP contribution in [0.4, 0.5) is 4.39 Å². The van der Waals surface area contributed by atoms with Crippen LogP contribution in [-0.2, 0) is 11.2 Å². The number of pyridine rings is 1. The van der Waals surface area contributed by atoms with E-state index in [9.17, 15) is 14.0 Å². The summed E-state index contributed by atoms with van der Waals surface area (Å²) in [4.78, 5) is 35.7. The molecule has 1 aromatic carbocycles. The molecule has 2 saturated heterocycles. The van der Waals surface area contributed by atoms with Crippen molar-refractivity contribution in [1.82, 2.24) is 24.3 Å². The lowest BCUT2D eigenvalue weighted by Crippen LogP contribution is -2.33. The summed E-state index contributed by atoms with van der Waals surface area (Å²) in [6.07, 6.45) is 9.03. The molecule has 5 rings (SSSR count). The fourth-order valence-electron chi connectivity index (χ4n) is 6.30. The third-order valence-electron chi connectivity index (χ3n) is 8.65. The summed E-state index contributed by atoms with van der Waals surface area (Å²) in [6.45, 7) is 12.6. The van der Waals surface area contributed by atoms with Crippen LogP contribution in [0.5, 0.6) is 0 Å². The minimum absolute atomic E-state index is 0.00502. The van der Waals surface area contributed by atoms with Gasteiger partial charge in [-0.1, -0.05) is 0 Å². The normalized spacial score (nSPS) is 19.9. The molecule has 2 aromatic heterocycles. The molecule has 0 saturated carbocycles. The molecule has 0 aliphatic carbocycles. The maximum Gasteiger partial charge on any atom is 0.256 e. The Balaban J connectivity index is 1.41. The highest BCUT2D eigenvalue weighted by Gasteiger charge is 2.30. The molecular formula is C31H40FN5O2. The summed E-state index contributed by atoms with van der Waals surface area (Å²) in [6, 6.07) is 4.46. The Morgan fingerprint density at radius 1 is 1.13 bits per heavy atom. The highest BCUT2D eigenvalue weighted by molar-refractivity contribution is 5.99. The van der Waals surface area contributed by atoms with Crippen LogP contribution in [0.1, 0.15) is 55.1 Å². The van der Waals surface area contributed by atoms with Gasteiger partial charge in [-0.3, -0.25) is 14.6 Å². The van der Waals surface area contributed by atoms with Crippen molar-refractivity contribution in [2.45, 2.75) is 53.0 Å². The Labute approximate surface area is 230 Å². The number of nitrogens with zero attached hydrogens (tertiary/aromatic N) is 5. The lowest BCUT2D eigenvalue weighted by Gasteiger charge is -2.23. The molecule has 8 heteroatoms. The van der Waals surface area contributed by atoms with Crippen LogP contribution in [0.2, 0.25) is 0 Å². The van der Waals surface area contributed by atoms with E-state index in [0.717, 1.165) is 68.5 Å². The second-order valence-electron chi connectivity index (χ2n) is 11.8. The van der Waals surface area contributed by atoms with E-state index in [1.54, 1.807) is 24.9 Å². The molecule has 0 bridgehead atoms. The number of aryl methyl sites for hydroxylation is 1. The van der Waals surface area contributed by atoms with Crippen LogP contribution >= 0.6 is 0 Å². The van der Waals surface area contributed by atoms with Gasteiger partial charge in [0.05, 0.1) is 23.0 Å². The van der Waals surface area contributed by atoms with E-state index in [4.69, 9.17) is 0 Å². The van der Waals surface area contributed by atoms with Gasteiger partial charge in [-0.05, 0) is 87.7 Å². The minimum atomic E-state index is -0.426. The first kappa shape index (κ1) is 27.3. The summed E-state index contributed by atoms with van der Waals surface area (Å²) in [5, 5.41) is 1.16. The van der Waals surface area contributed by atoms with Crippen LogP contribution in [0.25, 0.3) is 16.6 Å². The smallest absolute Gasteiger partial charge is 0.256 e.